The van der Waals surface area contributed by atoms with Crippen LogP contribution in [0.5, 0.6) is 0 Å². The largest absolute Gasteiger partial charge is 0.481 e. The van der Waals surface area contributed by atoms with Gasteiger partial charge >= 0.3 is 5.97 Å². The van der Waals surface area contributed by atoms with Crippen LogP contribution in [0.3, 0.4) is 0 Å². The predicted octanol–water partition coefficient (Wildman–Crippen LogP) is 1.40. The maximum atomic E-state index is 11.5. The molecule has 1 N–H and O–H groups in total. The first-order valence-electron chi connectivity index (χ1n) is 5.98. The van der Waals surface area contributed by atoms with E-state index >= 15 is 0 Å². The summed E-state index contributed by atoms with van der Waals surface area (Å²) >= 11 is 0. The smallest absolute Gasteiger partial charge is 0.314 e. The number of carboxylic acids is 1. The third-order valence-electron chi connectivity index (χ3n) is 3.44. The summed E-state index contributed by atoms with van der Waals surface area (Å²) in [5.41, 5.74) is 0. The Morgan fingerprint density at radius 1 is 1.38 bits per heavy atom. The Bertz CT molecular complexity index is 257. The summed E-state index contributed by atoms with van der Waals surface area (Å²) in [5, 5.41) is 9.03. The Hall–Kier alpha value is -0.900. The molecule has 0 radical (unpaired) electrons. The second-order valence-electron chi connectivity index (χ2n) is 4.69. The predicted molar refractivity (Wildman–Crippen MR) is 61.3 cm³/mol. The van der Waals surface area contributed by atoms with Crippen LogP contribution in [-0.4, -0.2) is 41.9 Å². The van der Waals surface area contributed by atoms with Gasteiger partial charge in [-0.1, -0.05) is 6.92 Å². The Labute approximate surface area is 96.6 Å². The highest BCUT2D eigenvalue weighted by Crippen LogP contribution is 2.24. The highest BCUT2D eigenvalue weighted by atomic mass is 16.4. The highest BCUT2D eigenvalue weighted by Gasteiger charge is 2.29. The van der Waals surface area contributed by atoms with Crippen molar-refractivity contribution in [3.05, 3.63) is 0 Å². The standard InChI is InChI=1S/C12H21NO3/c1-3-11(14)10(12(15)16)8-9-4-6-13(2)7-5-9/h9-10H,3-8H2,1-2H3,(H,15,16). The minimum atomic E-state index is -0.953. The molecular formula is C12H21NO3. The molecule has 1 atom stereocenters. The molecule has 0 aromatic heterocycles. The lowest BCUT2D eigenvalue weighted by Crippen LogP contribution is -2.33. The van der Waals surface area contributed by atoms with Gasteiger partial charge in [-0.25, -0.2) is 0 Å². The number of carboxylic acid groups (broad SMARTS) is 1. The zero-order chi connectivity index (χ0) is 12.1. The van der Waals surface area contributed by atoms with Crippen LogP contribution < -0.4 is 0 Å². The molecule has 0 bridgehead atoms. The van der Waals surface area contributed by atoms with Gasteiger partial charge < -0.3 is 10.0 Å². The number of aliphatic carboxylic acids is 1. The van der Waals surface area contributed by atoms with Gasteiger partial charge in [-0.05, 0) is 45.3 Å². The minimum Gasteiger partial charge on any atom is -0.481 e. The fraction of sp³-hybridized carbons (Fsp3) is 0.833. The van der Waals surface area contributed by atoms with Gasteiger partial charge in [-0.15, -0.1) is 0 Å². The van der Waals surface area contributed by atoms with E-state index in [1.54, 1.807) is 6.92 Å². The fourth-order valence-corrected chi connectivity index (χ4v) is 2.25. The van der Waals surface area contributed by atoms with Crippen LogP contribution in [0.2, 0.25) is 0 Å². The number of Topliss-reactive ketones (excluding diaryl/α,β-unsaturated/α-hetero) is 1. The molecule has 1 unspecified atom stereocenters. The third-order valence-corrected chi connectivity index (χ3v) is 3.44. The number of ketones is 1. The van der Waals surface area contributed by atoms with Crippen LogP contribution in [0.1, 0.15) is 32.6 Å². The molecule has 0 saturated carbocycles. The van der Waals surface area contributed by atoms with E-state index in [2.05, 4.69) is 11.9 Å². The number of rotatable bonds is 5. The van der Waals surface area contributed by atoms with Gasteiger partial charge in [0, 0.05) is 6.42 Å². The fourth-order valence-electron chi connectivity index (χ4n) is 2.25. The van der Waals surface area contributed by atoms with E-state index in [0.717, 1.165) is 25.9 Å². The van der Waals surface area contributed by atoms with Gasteiger partial charge in [0.15, 0.2) is 0 Å². The minimum absolute atomic E-state index is 0.133. The molecule has 0 aromatic carbocycles. The lowest BCUT2D eigenvalue weighted by Gasteiger charge is -2.30. The van der Waals surface area contributed by atoms with E-state index in [1.807, 2.05) is 0 Å². The summed E-state index contributed by atoms with van der Waals surface area (Å²) < 4.78 is 0. The van der Waals surface area contributed by atoms with Gasteiger partial charge in [0.05, 0.1) is 0 Å². The Morgan fingerprint density at radius 2 is 1.94 bits per heavy atom. The molecule has 16 heavy (non-hydrogen) atoms. The summed E-state index contributed by atoms with van der Waals surface area (Å²) in [5.74, 6) is -1.47. The van der Waals surface area contributed by atoms with Crippen molar-refractivity contribution in [3.63, 3.8) is 0 Å². The van der Waals surface area contributed by atoms with Crippen LogP contribution in [-0.2, 0) is 9.59 Å². The lowest BCUT2D eigenvalue weighted by molar-refractivity contribution is -0.147. The molecule has 1 heterocycles. The summed E-state index contributed by atoms with van der Waals surface area (Å²) in [6.45, 7) is 3.75. The van der Waals surface area contributed by atoms with Crippen molar-refractivity contribution in [3.8, 4) is 0 Å². The zero-order valence-corrected chi connectivity index (χ0v) is 10.1. The summed E-state index contributed by atoms with van der Waals surface area (Å²) in [7, 11) is 2.07. The Balaban J connectivity index is 2.49. The van der Waals surface area contributed by atoms with Crippen LogP contribution in [0.4, 0.5) is 0 Å². The number of nitrogens with zero attached hydrogens (tertiary/aromatic N) is 1. The number of carbonyl (C=O) groups is 2. The molecule has 92 valence electrons. The van der Waals surface area contributed by atoms with Crippen molar-refractivity contribution < 1.29 is 14.7 Å². The van der Waals surface area contributed by atoms with Crippen LogP contribution in [0, 0.1) is 11.8 Å². The van der Waals surface area contributed by atoms with E-state index in [1.165, 1.54) is 0 Å². The number of carbonyl (C=O) groups excluding carboxylic acids is 1. The van der Waals surface area contributed by atoms with Gasteiger partial charge in [0.2, 0.25) is 0 Å². The quantitative estimate of drug-likeness (QED) is 0.721. The molecule has 4 nitrogen and oxygen atoms in total. The van der Waals surface area contributed by atoms with Crippen LogP contribution >= 0.6 is 0 Å². The van der Waals surface area contributed by atoms with Crippen LogP contribution in [0.15, 0.2) is 0 Å². The topological polar surface area (TPSA) is 57.6 Å². The third kappa shape index (κ3) is 3.59. The molecule has 0 amide bonds. The summed E-state index contributed by atoms with van der Waals surface area (Å²) in [4.78, 5) is 24.8. The second kappa shape index (κ2) is 5.99. The molecule has 4 heteroatoms. The first kappa shape index (κ1) is 13.2. The van der Waals surface area contributed by atoms with E-state index in [9.17, 15) is 9.59 Å². The van der Waals surface area contributed by atoms with Crippen molar-refractivity contribution in [2.45, 2.75) is 32.6 Å². The monoisotopic (exact) mass is 227 g/mol. The first-order chi connectivity index (χ1) is 7.54. The highest BCUT2D eigenvalue weighted by molar-refractivity contribution is 5.97. The number of piperidine rings is 1. The maximum Gasteiger partial charge on any atom is 0.314 e. The van der Waals surface area contributed by atoms with Gasteiger partial charge in [-0.3, -0.25) is 9.59 Å². The van der Waals surface area contributed by atoms with Gasteiger partial charge in [0.25, 0.3) is 0 Å². The number of hydrogen-bond acceptors (Lipinski definition) is 3. The van der Waals surface area contributed by atoms with E-state index in [4.69, 9.17) is 5.11 Å². The van der Waals surface area contributed by atoms with Gasteiger partial charge in [-0.2, -0.15) is 0 Å². The molecule has 1 saturated heterocycles. The van der Waals surface area contributed by atoms with E-state index in [-0.39, 0.29) is 5.78 Å². The second-order valence-corrected chi connectivity index (χ2v) is 4.69. The molecular weight excluding hydrogens is 206 g/mol. The Morgan fingerprint density at radius 3 is 2.38 bits per heavy atom. The zero-order valence-electron chi connectivity index (χ0n) is 10.1. The SMILES string of the molecule is CCC(=O)C(CC1CCN(C)CC1)C(=O)O. The van der Waals surface area contributed by atoms with Crippen molar-refractivity contribution in [1.82, 2.24) is 4.90 Å². The normalized spacial score (nSPS) is 20.6. The van der Waals surface area contributed by atoms with Crippen molar-refractivity contribution in [2.24, 2.45) is 11.8 Å². The maximum absolute atomic E-state index is 11.5. The Kier molecular flexibility index (Phi) is 4.93. The van der Waals surface area contributed by atoms with Crippen molar-refractivity contribution >= 4 is 11.8 Å². The van der Waals surface area contributed by atoms with E-state index in [0.29, 0.717) is 18.8 Å². The van der Waals surface area contributed by atoms with Crippen molar-refractivity contribution in [1.29, 1.82) is 0 Å². The average Bonchev–Trinajstić information content (AvgIpc) is 2.27. The molecule has 0 spiro atoms. The summed E-state index contributed by atoms with van der Waals surface area (Å²) in [6, 6.07) is 0. The summed E-state index contributed by atoms with van der Waals surface area (Å²) in [6.07, 6.45) is 2.87. The molecule has 0 aliphatic carbocycles. The molecule has 1 rings (SSSR count). The molecule has 1 aliphatic heterocycles. The van der Waals surface area contributed by atoms with Crippen LogP contribution in [0.25, 0.3) is 0 Å². The molecule has 0 aromatic rings. The molecule has 1 aliphatic rings. The lowest BCUT2D eigenvalue weighted by atomic mass is 9.85. The average molecular weight is 227 g/mol. The number of likely N-dealkylation sites (tertiary alicyclic amines) is 1. The van der Waals surface area contributed by atoms with Crippen molar-refractivity contribution in [2.75, 3.05) is 20.1 Å². The number of hydrogen-bond donors (Lipinski definition) is 1. The van der Waals surface area contributed by atoms with Gasteiger partial charge in [0.1, 0.15) is 11.7 Å². The van der Waals surface area contributed by atoms with E-state index < -0.39 is 11.9 Å². The molecule has 1 fully saturated rings. The first-order valence-corrected chi connectivity index (χ1v) is 5.98.